The third-order valence-electron chi connectivity index (χ3n) is 3.61. The van der Waals surface area contributed by atoms with Gasteiger partial charge in [-0.3, -0.25) is 0 Å². The Balaban J connectivity index is 2.11. The first-order valence-corrected chi connectivity index (χ1v) is 8.14. The fourth-order valence-electron chi connectivity index (χ4n) is 2.17. The lowest BCUT2D eigenvalue weighted by atomic mass is 9.86. The van der Waals surface area contributed by atoms with Gasteiger partial charge < -0.3 is 5.11 Å². The third kappa shape index (κ3) is 3.40. The molecule has 0 spiro atoms. The minimum Gasteiger partial charge on any atom is -0.384 e. The molecule has 0 unspecified atom stereocenters. The van der Waals surface area contributed by atoms with Crippen molar-refractivity contribution in [1.29, 1.82) is 0 Å². The summed E-state index contributed by atoms with van der Waals surface area (Å²) in [6, 6.07) is 6.45. The Morgan fingerprint density at radius 3 is 2.45 bits per heavy atom. The second-order valence-corrected chi connectivity index (χ2v) is 7.11. The molecule has 1 aliphatic carbocycles. The highest BCUT2D eigenvalue weighted by Crippen LogP contribution is 2.28. The average Bonchev–Trinajstić information content (AvgIpc) is 2.40. The van der Waals surface area contributed by atoms with Crippen LogP contribution >= 0.6 is 0 Å². The van der Waals surface area contributed by atoms with Crippen LogP contribution in [-0.4, -0.2) is 38.0 Å². The maximum atomic E-state index is 12.4. The van der Waals surface area contributed by atoms with Gasteiger partial charge in [-0.1, -0.05) is 18.3 Å². The van der Waals surface area contributed by atoms with E-state index in [4.69, 9.17) is 5.11 Å². The molecule has 1 saturated carbocycles. The molecule has 0 aromatic heterocycles. The quantitative estimate of drug-likeness (QED) is 0.855. The summed E-state index contributed by atoms with van der Waals surface area (Å²) in [5.41, 5.74) is 0.694. The van der Waals surface area contributed by atoms with Crippen LogP contribution in [0.5, 0.6) is 0 Å². The highest BCUT2D eigenvalue weighted by molar-refractivity contribution is 7.89. The molecule has 1 aliphatic rings. The van der Waals surface area contributed by atoms with Crippen molar-refractivity contribution in [1.82, 2.24) is 4.31 Å². The normalized spacial score (nSPS) is 15.6. The zero-order valence-corrected chi connectivity index (χ0v) is 12.4. The van der Waals surface area contributed by atoms with Gasteiger partial charge >= 0.3 is 0 Å². The summed E-state index contributed by atoms with van der Waals surface area (Å²) >= 11 is 0. The molecule has 0 aliphatic heterocycles. The summed E-state index contributed by atoms with van der Waals surface area (Å²) in [5, 5.41) is 8.62. The van der Waals surface area contributed by atoms with Crippen molar-refractivity contribution >= 4 is 10.0 Å². The highest BCUT2D eigenvalue weighted by Gasteiger charge is 2.26. The third-order valence-corrected chi connectivity index (χ3v) is 5.45. The van der Waals surface area contributed by atoms with E-state index in [-0.39, 0.29) is 11.5 Å². The first kappa shape index (κ1) is 15.0. The Labute approximate surface area is 120 Å². The fraction of sp³-hybridized carbons (Fsp3) is 0.467. The lowest BCUT2D eigenvalue weighted by Crippen LogP contribution is -2.34. The van der Waals surface area contributed by atoms with Crippen molar-refractivity contribution in [2.24, 2.45) is 5.92 Å². The van der Waals surface area contributed by atoms with Gasteiger partial charge in [0.2, 0.25) is 10.0 Å². The van der Waals surface area contributed by atoms with Crippen molar-refractivity contribution < 1.29 is 13.5 Å². The first-order chi connectivity index (χ1) is 9.54. The summed E-state index contributed by atoms with van der Waals surface area (Å²) < 4.78 is 26.2. The predicted octanol–water partition coefficient (Wildman–Crippen LogP) is 1.45. The van der Waals surface area contributed by atoms with Crippen molar-refractivity contribution in [2.75, 3.05) is 20.2 Å². The number of rotatable bonds is 4. The molecule has 0 saturated heterocycles. The SMILES string of the molecule is CN(CC1CCC1)S(=O)(=O)c1ccc(C#CCO)cc1. The van der Waals surface area contributed by atoms with Crippen LogP contribution in [0, 0.1) is 17.8 Å². The zero-order chi connectivity index (χ0) is 14.6. The summed E-state index contributed by atoms with van der Waals surface area (Å²) in [7, 11) is -1.78. The number of sulfonamides is 1. The van der Waals surface area contributed by atoms with Crippen molar-refractivity contribution in [3.8, 4) is 11.8 Å². The highest BCUT2D eigenvalue weighted by atomic mass is 32.2. The number of hydrogen-bond acceptors (Lipinski definition) is 3. The van der Waals surface area contributed by atoms with Crippen LogP contribution in [0.3, 0.4) is 0 Å². The van der Waals surface area contributed by atoms with Crippen LogP contribution in [0.1, 0.15) is 24.8 Å². The van der Waals surface area contributed by atoms with Gasteiger partial charge in [-0.25, -0.2) is 12.7 Å². The number of aliphatic hydroxyl groups excluding tert-OH is 1. The van der Waals surface area contributed by atoms with E-state index < -0.39 is 10.0 Å². The Bertz CT molecular complexity index is 607. The molecule has 1 aromatic carbocycles. The van der Waals surface area contributed by atoms with Crippen LogP contribution in [-0.2, 0) is 10.0 Å². The van der Waals surface area contributed by atoms with Gasteiger partial charge in [0.05, 0.1) is 4.90 Å². The monoisotopic (exact) mass is 293 g/mol. The topological polar surface area (TPSA) is 57.6 Å². The number of hydrogen-bond donors (Lipinski definition) is 1. The molecule has 0 atom stereocenters. The van der Waals surface area contributed by atoms with E-state index in [0.717, 1.165) is 12.8 Å². The smallest absolute Gasteiger partial charge is 0.242 e. The molecule has 1 N–H and O–H groups in total. The maximum Gasteiger partial charge on any atom is 0.242 e. The van der Waals surface area contributed by atoms with E-state index in [1.165, 1.54) is 10.7 Å². The first-order valence-electron chi connectivity index (χ1n) is 6.70. The zero-order valence-electron chi connectivity index (χ0n) is 11.5. The molecule has 20 heavy (non-hydrogen) atoms. The van der Waals surface area contributed by atoms with E-state index in [9.17, 15) is 8.42 Å². The maximum absolute atomic E-state index is 12.4. The summed E-state index contributed by atoms with van der Waals surface area (Å²) in [4.78, 5) is 0.286. The Morgan fingerprint density at radius 2 is 1.95 bits per heavy atom. The van der Waals surface area contributed by atoms with Gasteiger partial charge in [-0.2, -0.15) is 0 Å². The Kier molecular flexibility index (Phi) is 4.81. The van der Waals surface area contributed by atoms with E-state index in [1.54, 1.807) is 31.3 Å². The second-order valence-electron chi connectivity index (χ2n) is 5.07. The number of nitrogens with zero attached hydrogens (tertiary/aromatic N) is 1. The summed E-state index contributed by atoms with van der Waals surface area (Å²) in [6.45, 7) is 0.387. The van der Waals surface area contributed by atoms with Crippen LogP contribution in [0.2, 0.25) is 0 Å². The molecule has 0 bridgehead atoms. The van der Waals surface area contributed by atoms with Gasteiger partial charge in [0.15, 0.2) is 0 Å². The lowest BCUT2D eigenvalue weighted by Gasteiger charge is -2.29. The predicted molar refractivity (Wildman–Crippen MR) is 77.6 cm³/mol. The summed E-state index contributed by atoms with van der Waals surface area (Å²) in [5.74, 6) is 5.78. The molecular weight excluding hydrogens is 274 g/mol. The molecule has 1 fully saturated rings. The molecule has 108 valence electrons. The number of benzene rings is 1. The molecule has 1 aromatic rings. The Morgan fingerprint density at radius 1 is 1.30 bits per heavy atom. The molecule has 5 heteroatoms. The Hall–Kier alpha value is -1.35. The minimum absolute atomic E-state index is 0.204. The van der Waals surface area contributed by atoms with Crippen LogP contribution < -0.4 is 0 Å². The fourth-order valence-corrected chi connectivity index (χ4v) is 3.42. The minimum atomic E-state index is -3.41. The van der Waals surface area contributed by atoms with E-state index in [2.05, 4.69) is 11.8 Å². The van der Waals surface area contributed by atoms with E-state index in [0.29, 0.717) is 18.0 Å². The van der Waals surface area contributed by atoms with E-state index in [1.807, 2.05) is 0 Å². The van der Waals surface area contributed by atoms with Gasteiger partial charge in [-0.15, -0.1) is 0 Å². The van der Waals surface area contributed by atoms with Gasteiger partial charge in [0.1, 0.15) is 6.61 Å². The average molecular weight is 293 g/mol. The van der Waals surface area contributed by atoms with Crippen molar-refractivity contribution in [3.05, 3.63) is 29.8 Å². The largest absolute Gasteiger partial charge is 0.384 e. The molecule has 2 rings (SSSR count). The van der Waals surface area contributed by atoms with Crippen LogP contribution in [0.4, 0.5) is 0 Å². The van der Waals surface area contributed by atoms with Gasteiger partial charge in [0.25, 0.3) is 0 Å². The van der Waals surface area contributed by atoms with Crippen molar-refractivity contribution in [3.63, 3.8) is 0 Å². The standard InChI is InChI=1S/C15H19NO3S/c1-16(12-14-4-2-5-14)20(18,19)15-9-7-13(8-10-15)6-3-11-17/h7-10,14,17H,2,4-5,11-12H2,1H3. The van der Waals surface area contributed by atoms with Gasteiger partial charge in [0, 0.05) is 19.2 Å². The lowest BCUT2D eigenvalue weighted by molar-refractivity contribution is 0.263. The van der Waals surface area contributed by atoms with E-state index >= 15 is 0 Å². The van der Waals surface area contributed by atoms with Crippen LogP contribution in [0.25, 0.3) is 0 Å². The molecule has 0 amide bonds. The molecule has 0 heterocycles. The van der Waals surface area contributed by atoms with Gasteiger partial charge in [-0.05, 0) is 43.0 Å². The van der Waals surface area contributed by atoms with Crippen molar-refractivity contribution in [2.45, 2.75) is 24.2 Å². The molecule has 0 radical (unpaired) electrons. The molecule has 4 nitrogen and oxygen atoms in total. The number of aliphatic hydroxyl groups is 1. The second kappa shape index (κ2) is 6.40. The van der Waals surface area contributed by atoms with Crippen LogP contribution in [0.15, 0.2) is 29.2 Å². The molecular formula is C15H19NO3S. The summed E-state index contributed by atoms with van der Waals surface area (Å²) in [6.07, 6.45) is 3.45.